The third kappa shape index (κ3) is 5.47. The minimum atomic E-state index is 0.665. The fourth-order valence-electron chi connectivity index (χ4n) is 1.64. The highest BCUT2D eigenvalue weighted by atomic mass is 32.1. The van der Waals surface area contributed by atoms with Gasteiger partial charge in [0.1, 0.15) is 0 Å². The molecule has 100 valence electrons. The molecule has 0 spiro atoms. The summed E-state index contributed by atoms with van der Waals surface area (Å²) >= 11 is 5.24. The van der Waals surface area contributed by atoms with E-state index in [4.69, 9.17) is 17.0 Å². The summed E-state index contributed by atoms with van der Waals surface area (Å²) < 4.78 is 5.26. The molecule has 4 heteroatoms. The van der Waals surface area contributed by atoms with Crippen LogP contribution in [0.1, 0.15) is 24.5 Å². The van der Waals surface area contributed by atoms with Crippen molar-refractivity contribution in [2.45, 2.75) is 27.2 Å². The summed E-state index contributed by atoms with van der Waals surface area (Å²) in [5, 5.41) is 7.05. The second-order valence-corrected chi connectivity index (χ2v) is 4.66. The number of aryl methyl sites for hydroxylation is 2. The molecule has 0 bridgehead atoms. The molecule has 0 aromatic heterocycles. The quantitative estimate of drug-likeness (QED) is 0.612. The molecule has 1 aromatic rings. The van der Waals surface area contributed by atoms with Crippen molar-refractivity contribution in [2.24, 2.45) is 0 Å². The Morgan fingerprint density at radius 1 is 1.33 bits per heavy atom. The number of hydrogen-bond acceptors (Lipinski definition) is 2. The zero-order valence-corrected chi connectivity index (χ0v) is 12.2. The highest BCUT2D eigenvalue weighted by Gasteiger charge is 2.00. The van der Waals surface area contributed by atoms with Gasteiger partial charge in [0, 0.05) is 25.4 Å². The molecule has 0 aliphatic heterocycles. The van der Waals surface area contributed by atoms with E-state index in [0.717, 1.165) is 31.9 Å². The van der Waals surface area contributed by atoms with Crippen LogP contribution in [0.25, 0.3) is 0 Å². The fourth-order valence-corrected chi connectivity index (χ4v) is 1.85. The number of thiocarbonyl (C=S) groups is 1. The molecule has 18 heavy (non-hydrogen) atoms. The van der Waals surface area contributed by atoms with Crippen molar-refractivity contribution in [1.29, 1.82) is 0 Å². The predicted molar refractivity (Wildman–Crippen MR) is 81.2 cm³/mol. The Morgan fingerprint density at radius 3 is 2.78 bits per heavy atom. The van der Waals surface area contributed by atoms with Crippen LogP contribution in [0.4, 0.5) is 5.69 Å². The van der Waals surface area contributed by atoms with E-state index in [9.17, 15) is 0 Å². The summed E-state index contributed by atoms with van der Waals surface area (Å²) in [7, 11) is 0. The van der Waals surface area contributed by atoms with E-state index in [-0.39, 0.29) is 0 Å². The zero-order valence-electron chi connectivity index (χ0n) is 11.4. The molecular weight excluding hydrogens is 244 g/mol. The summed E-state index contributed by atoms with van der Waals surface area (Å²) in [5.41, 5.74) is 3.52. The molecule has 0 amide bonds. The molecule has 0 saturated carbocycles. The van der Waals surface area contributed by atoms with Crippen LogP contribution in [0.15, 0.2) is 18.2 Å². The molecule has 2 N–H and O–H groups in total. The smallest absolute Gasteiger partial charge is 0.170 e. The lowest BCUT2D eigenvalue weighted by atomic mass is 10.1. The van der Waals surface area contributed by atoms with Crippen molar-refractivity contribution in [2.75, 3.05) is 25.1 Å². The maximum atomic E-state index is 5.26. The number of anilines is 1. The van der Waals surface area contributed by atoms with Gasteiger partial charge in [-0.25, -0.2) is 0 Å². The molecule has 1 aromatic carbocycles. The Kier molecular flexibility index (Phi) is 6.68. The highest BCUT2D eigenvalue weighted by molar-refractivity contribution is 7.80. The maximum Gasteiger partial charge on any atom is 0.170 e. The normalized spacial score (nSPS) is 10.2. The second-order valence-electron chi connectivity index (χ2n) is 4.25. The fraction of sp³-hybridized carbons (Fsp3) is 0.500. The van der Waals surface area contributed by atoms with Gasteiger partial charge in [-0.15, -0.1) is 0 Å². The van der Waals surface area contributed by atoms with Gasteiger partial charge in [0.25, 0.3) is 0 Å². The van der Waals surface area contributed by atoms with Crippen LogP contribution in [0.2, 0.25) is 0 Å². The monoisotopic (exact) mass is 266 g/mol. The van der Waals surface area contributed by atoms with E-state index in [0.29, 0.717) is 5.11 Å². The molecule has 0 atom stereocenters. The zero-order chi connectivity index (χ0) is 13.4. The lowest BCUT2D eigenvalue weighted by Gasteiger charge is -2.12. The van der Waals surface area contributed by atoms with Gasteiger partial charge in [0.05, 0.1) is 0 Å². The van der Waals surface area contributed by atoms with E-state index in [1.165, 1.54) is 11.1 Å². The first-order chi connectivity index (χ1) is 8.63. The predicted octanol–water partition coefficient (Wildman–Crippen LogP) is 3.02. The second kappa shape index (κ2) is 8.06. The summed E-state index contributed by atoms with van der Waals surface area (Å²) in [6.45, 7) is 8.53. The standard InChI is InChI=1S/C14H22N2OS/c1-4-17-9-5-8-15-14(18)16-13-7-6-11(2)10-12(13)3/h6-7,10H,4-5,8-9H2,1-3H3,(H2,15,16,18). The van der Waals surface area contributed by atoms with Gasteiger partial charge in [0.15, 0.2) is 5.11 Å². The molecular formula is C14H22N2OS. The van der Waals surface area contributed by atoms with Crippen molar-refractivity contribution in [1.82, 2.24) is 5.32 Å². The number of rotatable bonds is 6. The number of benzene rings is 1. The first-order valence-electron chi connectivity index (χ1n) is 6.33. The summed E-state index contributed by atoms with van der Waals surface area (Å²) in [5.74, 6) is 0. The summed E-state index contributed by atoms with van der Waals surface area (Å²) in [6, 6.07) is 6.27. The van der Waals surface area contributed by atoms with Gasteiger partial charge < -0.3 is 15.4 Å². The highest BCUT2D eigenvalue weighted by Crippen LogP contribution is 2.15. The largest absolute Gasteiger partial charge is 0.382 e. The van der Waals surface area contributed by atoms with Crippen LogP contribution in [-0.4, -0.2) is 24.9 Å². The van der Waals surface area contributed by atoms with Gasteiger partial charge in [-0.05, 0) is 51.0 Å². The maximum absolute atomic E-state index is 5.26. The Labute approximate surface area is 115 Å². The van der Waals surface area contributed by atoms with Crippen LogP contribution in [0.3, 0.4) is 0 Å². The Hall–Kier alpha value is -1.13. The van der Waals surface area contributed by atoms with Gasteiger partial charge in [-0.2, -0.15) is 0 Å². The van der Waals surface area contributed by atoms with Crippen LogP contribution < -0.4 is 10.6 Å². The van der Waals surface area contributed by atoms with Gasteiger partial charge >= 0.3 is 0 Å². The van der Waals surface area contributed by atoms with Crippen molar-refractivity contribution in [3.63, 3.8) is 0 Å². The van der Waals surface area contributed by atoms with Crippen LogP contribution >= 0.6 is 12.2 Å². The van der Waals surface area contributed by atoms with Crippen molar-refractivity contribution in [3.8, 4) is 0 Å². The Bertz CT molecular complexity index is 393. The molecule has 0 fully saturated rings. The molecule has 0 aliphatic rings. The molecule has 3 nitrogen and oxygen atoms in total. The summed E-state index contributed by atoms with van der Waals surface area (Å²) in [6.07, 6.45) is 0.961. The SMILES string of the molecule is CCOCCCNC(=S)Nc1ccc(C)cc1C. The first kappa shape index (κ1) is 14.9. The van der Waals surface area contributed by atoms with E-state index >= 15 is 0 Å². The topological polar surface area (TPSA) is 33.3 Å². The van der Waals surface area contributed by atoms with Crippen molar-refractivity contribution >= 4 is 23.0 Å². The number of hydrogen-bond donors (Lipinski definition) is 2. The van der Waals surface area contributed by atoms with E-state index < -0.39 is 0 Å². The molecule has 0 heterocycles. The Balaban J connectivity index is 2.31. The van der Waals surface area contributed by atoms with Gasteiger partial charge in [-0.3, -0.25) is 0 Å². The molecule has 1 rings (SSSR count). The molecule has 0 saturated heterocycles. The average Bonchev–Trinajstić information content (AvgIpc) is 2.32. The average molecular weight is 266 g/mol. The van der Waals surface area contributed by atoms with Crippen molar-refractivity contribution < 1.29 is 4.74 Å². The lowest BCUT2D eigenvalue weighted by Crippen LogP contribution is -2.30. The number of nitrogens with one attached hydrogen (secondary N) is 2. The van der Waals surface area contributed by atoms with Crippen LogP contribution in [0.5, 0.6) is 0 Å². The van der Waals surface area contributed by atoms with E-state index in [1.807, 2.05) is 6.92 Å². The minimum Gasteiger partial charge on any atom is -0.382 e. The van der Waals surface area contributed by atoms with Gasteiger partial charge in [-0.1, -0.05) is 17.7 Å². The molecule has 0 unspecified atom stereocenters. The lowest BCUT2D eigenvalue weighted by molar-refractivity contribution is 0.146. The van der Waals surface area contributed by atoms with Crippen LogP contribution in [0, 0.1) is 13.8 Å². The first-order valence-corrected chi connectivity index (χ1v) is 6.74. The van der Waals surface area contributed by atoms with E-state index in [2.05, 4.69) is 42.7 Å². The number of ether oxygens (including phenoxy) is 1. The van der Waals surface area contributed by atoms with Crippen molar-refractivity contribution in [3.05, 3.63) is 29.3 Å². The van der Waals surface area contributed by atoms with Gasteiger partial charge in [0.2, 0.25) is 0 Å². The minimum absolute atomic E-state index is 0.665. The van der Waals surface area contributed by atoms with Crippen LogP contribution in [-0.2, 0) is 4.74 Å². The molecule has 0 radical (unpaired) electrons. The summed E-state index contributed by atoms with van der Waals surface area (Å²) in [4.78, 5) is 0. The third-order valence-corrected chi connectivity index (χ3v) is 2.83. The van der Waals surface area contributed by atoms with E-state index in [1.54, 1.807) is 0 Å². The Morgan fingerprint density at radius 2 is 2.11 bits per heavy atom. The molecule has 0 aliphatic carbocycles. The third-order valence-electron chi connectivity index (χ3n) is 2.59.